The van der Waals surface area contributed by atoms with Crippen molar-refractivity contribution < 1.29 is 14.4 Å². The summed E-state index contributed by atoms with van der Waals surface area (Å²) in [5.74, 6) is 0.239. The summed E-state index contributed by atoms with van der Waals surface area (Å²) in [7, 11) is 1.62. The van der Waals surface area contributed by atoms with Gasteiger partial charge < -0.3 is 9.57 Å². The summed E-state index contributed by atoms with van der Waals surface area (Å²) >= 11 is 0. The van der Waals surface area contributed by atoms with Crippen LogP contribution >= 0.6 is 0 Å². The standard InChI is InChI=1S/C23H19NO3/c1-26-19-14-12-16(13-15-19)21-20(22(25)17-8-4-2-5-9-17)23(27-24-21)18-10-6-3-7-11-18/h2-15,20,23H,1H3/t20-,23-/m0/s1. The van der Waals surface area contributed by atoms with Crippen molar-refractivity contribution in [1.29, 1.82) is 0 Å². The zero-order valence-electron chi connectivity index (χ0n) is 14.9. The number of methoxy groups -OCH3 is 1. The number of ketones is 1. The Balaban J connectivity index is 1.74. The average molecular weight is 357 g/mol. The second kappa shape index (κ2) is 7.46. The van der Waals surface area contributed by atoms with Crippen LogP contribution in [0.15, 0.2) is 90.1 Å². The Labute approximate surface area is 158 Å². The van der Waals surface area contributed by atoms with Crippen LogP contribution in [0.3, 0.4) is 0 Å². The fourth-order valence-corrected chi connectivity index (χ4v) is 3.31. The molecule has 0 bridgehead atoms. The number of nitrogens with zero attached hydrogens (tertiary/aromatic N) is 1. The van der Waals surface area contributed by atoms with Gasteiger partial charge in [0.1, 0.15) is 17.4 Å². The molecule has 1 heterocycles. The maximum Gasteiger partial charge on any atom is 0.176 e. The largest absolute Gasteiger partial charge is 0.497 e. The highest BCUT2D eigenvalue weighted by Gasteiger charge is 2.41. The lowest BCUT2D eigenvalue weighted by molar-refractivity contribution is 0.0533. The van der Waals surface area contributed by atoms with E-state index in [0.29, 0.717) is 11.3 Å². The third-order valence-corrected chi connectivity index (χ3v) is 4.72. The summed E-state index contributed by atoms with van der Waals surface area (Å²) in [5, 5.41) is 4.30. The van der Waals surface area contributed by atoms with Crippen molar-refractivity contribution in [3.63, 3.8) is 0 Å². The quantitative estimate of drug-likeness (QED) is 0.624. The molecule has 0 fully saturated rings. The normalized spacial score (nSPS) is 18.5. The van der Waals surface area contributed by atoms with Crippen molar-refractivity contribution in [2.24, 2.45) is 11.1 Å². The molecule has 4 heteroatoms. The maximum absolute atomic E-state index is 13.4. The molecule has 0 amide bonds. The molecule has 3 aromatic rings. The average Bonchev–Trinajstić information content (AvgIpc) is 3.19. The summed E-state index contributed by atoms with van der Waals surface area (Å²) in [6.45, 7) is 0. The van der Waals surface area contributed by atoms with E-state index in [1.54, 1.807) is 7.11 Å². The van der Waals surface area contributed by atoms with Gasteiger partial charge in [0.25, 0.3) is 0 Å². The van der Waals surface area contributed by atoms with Gasteiger partial charge in [-0.3, -0.25) is 4.79 Å². The summed E-state index contributed by atoms with van der Waals surface area (Å²) in [6.07, 6.45) is -0.448. The van der Waals surface area contributed by atoms with Gasteiger partial charge in [0.15, 0.2) is 11.9 Å². The van der Waals surface area contributed by atoms with Crippen LogP contribution in [0.2, 0.25) is 0 Å². The number of carbonyl (C=O) groups excluding carboxylic acids is 1. The summed E-state index contributed by atoms with van der Waals surface area (Å²) < 4.78 is 5.23. The van der Waals surface area contributed by atoms with E-state index >= 15 is 0 Å². The van der Waals surface area contributed by atoms with Crippen LogP contribution in [0, 0.1) is 5.92 Å². The molecule has 0 N–H and O–H groups in total. The highest BCUT2D eigenvalue weighted by Crippen LogP contribution is 2.37. The van der Waals surface area contributed by atoms with E-state index in [-0.39, 0.29) is 5.78 Å². The van der Waals surface area contributed by atoms with Crippen LogP contribution < -0.4 is 4.74 Å². The Morgan fingerprint density at radius 1 is 0.889 bits per heavy atom. The smallest absolute Gasteiger partial charge is 0.176 e. The third-order valence-electron chi connectivity index (χ3n) is 4.72. The van der Waals surface area contributed by atoms with Gasteiger partial charge in [0.2, 0.25) is 0 Å². The molecule has 0 saturated carbocycles. The van der Waals surface area contributed by atoms with Gasteiger partial charge in [0.05, 0.1) is 7.11 Å². The number of hydrogen-bond acceptors (Lipinski definition) is 4. The van der Waals surface area contributed by atoms with Gasteiger partial charge in [-0.2, -0.15) is 0 Å². The second-order valence-corrected chi connectivity index (χ2v) is 6.35. The van der Waals surface area contributed by atoms with Crippen molar-refractivity contribution in [2.45, 2.75) is 6.10 Å². The Hall–Kier alpha value is -3.40. The predicted molar refractivity (Wildman–Crippen MR) is 104 cm³/mol. The first kappa shape index (κ1) is 17.0. The molecule has 4 nitrogen and oxygen atoms in total. The molecule has 134 valence electrons. The van der Waals surface area contributed by atoms with Crippen molar-refractivity contribution in [2.75, 3.05) is 7.11 Å². The molecule has 0 spiro atoms. The van der Waals surface area contributed by atoms with E-state index < -0.39 is 12.0 Å². The van der Waals surface area contributed by atoms with Crippen LogP contribution in [-0.4, -0.2) is 18.6 Å². The van der Waals surface area contributed by atoms with Crippen LogP contribution in [0.25, 0.3) is 0 Å². The van der Waals surface area contributed by atoms with Gasteiger partial charge in [0, 0.05) is 11.1 Å². The molecule has 1 aliphatic heterocycles. The molecular formula is C23H19NO3. The first-order valence-corrected chi connectivity index (χ1v) is 8.80. The molecule has 0 saturated heterocycles. The molecular weight excluding hydrogens is 338 g/mol. The number of Topliss-reactive ketones (excluding diaryl/α,β-unsaturated/α-hetero) is 1. The molecule has 0 unspecified atom stereocenters. The van der Waals surface area contributed by atoms with E-state index in [9.17, 15) is 4.79 Å². The number of benzene rings is 3. The number of ether oxygens (including phenoxy) is 1. The monoisotopic (exact) mass is 357 g/mol. The SMILES string of the molecule is COc1ccc(C2=NO[C@@H](c3ccccc3)[C@@H]2C(=O)c2ccccc2)cc1. The predicted octanol–water partition coefficient (Wildman–Crippen LogP) is 4.67. The summed E-state index contributed by atoms with van der Waals surface area (Å²) in [6, 6.07) is 26.5. The van der Waals surface area contributed by atoms with E-state index in [1.165, 1.54) is 0 Å². The van der Waals surface area contributed by atoms with Crippen molar-refractivity contribution in [3.05, 3.63) is 102 Å². The first-order chi connectivity index (χ1) is 13.3. The number of oxime groups is 1. The van der Waals surface area contributed by atoms with Gasteiger partial charge in [-0.1, -0.05) is 65.8 Å². The molecule has 3 aromatic carbocycles. The fourth-order valence-electron chi connectivity index (χ4n) is 3.31. The van der Waals surface area contributed by atoms with Crippen LogP contribution in [0.4, 0.5) is 0 Å². The van der Waals surface area contributed by atoms with Crippen LogP contribution in [0.1, 0.15) is 27.6 Å². The fraction of sp³-hybridized carbons (Fsp3) is 0.130. The highest BCUT2D eigenvalue weighted by atomic mass is 16.6. The Kier molecular flexibility index (Phi) is 4.71. The number of rotatable bonds is 5. The second-order valence-electron chi connectivity index (χ2n) is 6.35. The third kappa shape index (κ3) is 3.34. The van der Waals surface area contributed by atoms with Crippen molar-refractivity contribution in [3.8, 4) is 5.75 Å². The minimum absolute atomic E-state index is 0.00322. The maximum atomic E-state index is 13.4. The topological polar surface area (TPSA) is 47.9 Å². The van der Waals surface area contributed by atoms with Gasteiger partial charge in [-0.05, 0) is 29.8 Å². The van der Waals surface area contributed by atoms with Crippen molar-refractivity contribution in [1.82, 2.24) is 0 Å². The zero-order chi connectivity index (χ0) is 18.6. The molecule has 0 radical (unpaired) electrons. The molecule has 1 aliphatic rings. The van der Waals surface area contributed by atoms with Crippen LogP contribution in [0.5, 0.6) is 5.75 Å². The zero-order valence-corrected chi connectivity index (χ0v) is 14.9. The van der Waals surface area contributed by atoms with E-state index in [2.05, 4.69) is 5.16 Å². The lowest BCUT2D eigenvalue weighted by Gasteiger charge is -2.18. The molecule has 27 heavy (non-hydrogen) atoms. The Bertz CT molecular complexity index is 950. The first-order valence-electron chi connectivity index (χ1n) is 8.80. The minimum atomic E-state index is -0.511. The van der Waals surface area contributed by atoms with E-state index in [1.807, 2.05) is 84.9 Å². The Morgan fingerprint density at radius 2 is 1.52 bits per heavy atom. The van der Waals surface area contributed by atoms with Gasteiger partial charge >= 0.3 is 0 Å². The number of hydrogen-bond donors (Lipinski definition) is 0. The molecule has 0 aliphatic carbocycles. The van der Waals surface area contributed by atoms with Gasteiger partial charge in [-0.25, -0.2) is 0 Å². The van der Waals surface area contributed by atoms with Crippen LogP contribution in [-0.2, 0) is 4.84 Å². The lowest BCUT2D eigenvalue weighted by Crippen LogP contribution is -2.27. The Morgan fingerprint density at radius 3 is 2.15 bits per heavy atom. The van der Waals surface area contributed by atoms with E-state index in [4.69, 9.17) is 9.57 Å². The number of carbonyl (C=O) groups is 1. The summed E-state index contributed by atoms with van der Waals surface area (Å²) in [4.78, 5) is 19.1. The molecule has 4 rings (SSSR count). The lowest BCUT2D eigenvalue weighted by atomic mass is 9.83. The summed E-state index contributed by atoms with van der Waals surface area (Å²) in [5.41, 5.74) is 3.07. The minimum Gasteiger partial charge on any atom is -0.497 e. The molecule has 2 atom stereocenters. The van der Waals surface area contributed by atoms with E-state index in [0.717, 1.165) is 16.9 Å². The highest BCUT2D eigenvalue weighted by molar-refractivity contribution is 6.19. The van der Waals surface area contributed by atoms with Crippen molar-refractivity contribution >= 4 is 11.5 Å². The van der Waals surface area contributed by atoms with Gasteiger partial charge in [-0.15, -0.1) is 0 Å². The molecule has 0 aromatic heterocycles.